The highest BCUT2D eigenvalue weighted by molar-refractivity contribution is 5.83. The molecule has 3 aromatic rings. The fourth-order valence-electron chi connectivity index (χ4n) is 3.25. The molecule has 6 nitrogen and oxygen atoms in total. The monoisotopic (exact) mass is 419 g/mol. The van der Waals surface area contributed by atoms with Gasteiger partial charge in [-0.05, 0) is 67.3 Å². The summed E-state index contributed by atoms with van der Waals surface area (Å²) in [5, 5.41) is 8.04. The van der Waals surface area contributed by atoms with Gasteiger partial charge in [-0.3, -0.25) is 9.78 Å². The van der Waals surface area contributed by atoms with Crippen LogP contribution in [0.5, 0.6) is 0 Å². The van der Waals surface area contributed by atoms with E-state index < -0.39 is 11.7 Å². The molecule has 0 spiro atoms. The number of aryl methyl sites for hydroxylation is 1. The highest BCUT2D eigenvalue weighted by Crippen LogP contribution is 2.21. The van der Waals surface area contributed by atoms with Crippen molar-refractivity contribution in [2.45, 2.75) is 45.3 Å². The van der Waals surface area contributed by atoms with Crippen molar-refractivity contribution in [3.05, 3.63) is 78.1 Å². The van der Waals surface area contributed by atoms with Gasteiger partial charge in [0.05, 0.1) is 6.04 Å². The quantitative estimate of drug-likeness (QED) is 0.589. The molecule has 0 saturated carbocycles. The van der Waals surface area contributed by atoms with Crippen molar-refractivity contribution in [1.29, 1.82) is 0 Å². The molecule has 162 valence electrons. The van der Waals surface area contributed by atoms with Crippen molar-refractivity contribution in [2.75, 3.05) is 6.54 Å². The fourth-order valence-corrected chi connectivity index (χ4v) is 3.25. The predicted octanol–water partition coefficient (Wildman–Crippen LogP) is 4.55. The number of nitrogens with one attached hydrogen (secondary N) is 2. The van der Waals surface area contributed by atoms with E-state index in [1.165, 1.54) is 0 Å². The largest absolute Gasteiger partial charge is 0.444 e. The third-order valence-electron chi connectivity index (χ3n) is 4.75. The fraction of sp³-hybridized carbons (Fsp3) is 0.320. The molecular weight excluding hydrogens is 390 g/mol. The maximum Gasteiger partial charge on any atom is 0.407 e. The summed E-state index contributed by atoms with van der Waals surface area (Å²) in [6.07, 6.45) is 3.90. The second-order valence-corrected chi connectivity index (χ2v) is 8.46. The lowest BCUT2D eigenvalue weighted by atomic mass is 10.0. The van der Waals surface area contributed by atoms with Crippen LogP contribution >= 0.6 is 0 Å². The molecule has 6 heteroatoms. The Bertz CT molecular complexity index is 1030. The first kappa shape index (κ1) is 22.3. The van der Waals surface area contributed by atoms with Crippen LogP contribution in [0.1, 0.15) is 44.4 Å². The van der Waals surface area contributed by atoms with Gasteiger partial charge in [0.2, 0.25) is 5.91 Å². The van der Waals surface area contributed by atoms with Gasteiger partial charge in [0.25, 0.3) is 0 Å². The van der Waals surface area contributed by atoms with Crippen LogP contribution in [0.2, 0.25) is 0 Å². The summed E-state index contributed by atoms with van der Waals surface area (Å²) in [7, 11) is 0. The topological polar surface area (TPSA) is 80.3 Å². The predicted molar refractivity (Wildman–Crippen MR) is 122 cm³/mol. The number of carbonyl (C=O) groups excluding carboxylic acids is 2. The third-order valence-corrected chi connectivity index (χ3v) is 4.75. The van der Waals surface area contributed by atoms with Crippen molar-refractivity contribution in [2.24, 2.45) is 0 Å². The maximum absolute atomic E-state index is 12.7. The van der Waals surface area contributed by atoms with E-state index in [2.05, 4.69) is 15.6 Å². The number of hydrogen-bond acceptors (Lipinski definition) is 4. The minimum Gasteiger partial charge on any atom is -0.444 e. The number of benzene rings is 2. The van der Waals surface area contributed by atoms with E-state index in [-0.39, 0.29) is 18.5 Å². The van der Waals surface area contributed by atoms with Gasteiger partial charge in [0.1, 0.15) is 5.60 Å². The van der Waals surface area contributed by atoms with Crippen molar-refractivity contribution in [3.63, 3.8) is 0 Å². The molecule has 1 atom stereocenters. The molecule has 2 aromatic carbocycles. The van der Waals surface area contributed by atoms with Gasteiger partial charge in [0, 0.05) is 25.4 Å². The van der Waals surface area contributed by atoms with E-state index in [0.29, 0.717) is 12.8 Å². The molecule has 0 bridgehead atoms. The molecule has 0 fully saturated rings. The lowest BCUT2D eigenvalue weighted by Gasteiger charge is -2.23. The second-order valence-electron chi connectivity index (χ2n) is 8.46. The number of hydrogen-bond donors (Lipinski definition) is 2. The van der Waals surface area contributed by atoms with Crippen molar-refractivity contribution >= 4 is 22.8 Å². The molecule has 1 aromatic heterocycles. The van der Waals surface area contributed by atoms with Crippen molar-refractivity contribution in [1.82, 2.24) is 15.6 Å². The van der Waals surface area contributed by atoms with Crippen LogP contribution < -0.4 is 10.6 Å². The molecule has 0 radical (unpaired) electrons. The number of fused-ring (bicyclic) bond motifs is 1. The molecule has 0 aliphatic carbocycles. The van der Waals surface area contributed by atoms with E-state index in [1.54, 1.807) is 12.4 Å². The summed E-state index contributed by atoms with van der Waals surface area (Å²) < 4.78 is 5.34. The van der Waals surface area contributed by atoms with Gasteiger partial charge in [-0.1, -0.05) is 36.4 Å². The lowest BCUT2D eigenvalue weighted by molar-refractivity contribution is -0.121. The zero-order chi connectivity index (χ0) is 22.3. The van der Waals surface area contributed by atoms with Gasteiger partial charge in [-0.2, -0.15) is 0 Å². The Hall–Kier alpha value is -3.41. The highest BCUT2D eigenvalue weighted by atomic mass is 16.6. The van der Waals surface area contributed by atoms with Gasteiger partial charge < -0.3 is 15.4 Å². The molecule has 2 amide bonds. The summed E-state index contributed by atoms with van der Waals surface area (Å²) in [4.78, 5) is 28.8. The minimum absolute atomic E-state index is 0.0824. The SMILES string of the molecule is CC(C)(C)OC(=O)NCC(NC(=O)CCc1ccncc1)c1ccc2ccccc2c1. The van der Waals surface area contributed by atoms with Gasteiger partial charge in [-0.25, -0.2) is 4.79 Å². The highest BCUT2D eigenvalue weighted by Gasteiger charge is 2.20. The number of nitrogens with zero attached hydrogens (tertiary/aromatic N) is 1. The number of alkyl carbamates (subject to hydrolysis) is 1. The first-order chi connectivity index (χ1) is 14.8. The molecule has 3 rings (SSSR count). The van der Waals surface area contributed by atoms with Gasteiger partial charge >= 0.3 is 6.09 Å². The van der Waals surface area contributed by atoms with Crippen LogP contribution in [-0.4, -0.2) is 29.1 Å². The standard InChI is InChI=1S/C25H29N3O3/c1-25(2,3)31-24(30)27-17-22(21-10-9-19-6-4-5-7-20(19)16-21)28-23(29)11-8-18-12-14-26-15-13-18/h4-7,9-10,12-16,22H,8,11,17H2,1-3H3,(H,27,30)(H,28,29). The number of ether oxygens (including phenoxy) is 1. The van der Waals surface area contributed by atoms with Crippen LogP contribution in [-0.2, 0) is 16.0 Å². The zero-order valence-corrected chi connectivity index (χ0v) is 18.2. The first-order valence-corrected chi connectivity index (χ1v) is 10.4. The molecule has 0 aliphatic heterocycles. The average Bonchev–Trinajstić information content (AvgIpc) is 2.74. The normalized spacial score (nSPS) is 12.2. The van der Waals surface area contributed by atoms with E-state index in [0.717, 1.165) is 21.9 Å². The Balaban J connectivity index is 1.71. The van der Waals surface area contributed by atoms with Crippen LogP contribution in [0.4, 0.5) is 4.79 Å². The van der Waals surface area contributed by atoms with Crippen LogP contribution in [0.15, 0.2) is 67.0 Å². The number of pyridine rings is 1. The Morgan fingerprint density at radius 1 is 1.00 bits per heavy atom. The summed E-state index contributed by atoms with van der Waals surface area (Å²) in [5.74, 6) is -0.0824. The Kier molecular flexibility index (Phi) is 7.23. The molecule has 0 saturated heterocycles. The number of rotatable bonds is 7. The smallest absolute Gasteiger partial charge is 0.407 e. The third kappa shape index (κ3) is 7.10. The molecule has 1 unspecified atom stereocenters. The molecule has 31 heavy (non-hydrogen) atoms. The summed E-state index contributed by atoms with van der Waals surface area (Å²) in [6, 6.07) is 17.5. The number of aromatic nitrogens is 1. The molecular formula is C25H29N3O3. The Labute approximate surface area is 183 Å². The summed E-state index contributed by atoms with van der Waals surface area (Å²) in [6.45, 7) is 5.67. The summed E-state index contributed by atoms with van der Waals surface area (Å²) in [5.41, 5.74) is 1.39. The van der Waals surface area contributed by atoms with Crippen molar-refractivity contribution in [3.8, 4) is 0 Å². The molecule has 1 heterocycles. The number of carbonyl (C=O) groups is 2. The van der Waals surface area contributed by atoms with Crippen LogP contribution in [0.25, 0.3) is 10.8 Å². The van der Waals surface area contributed by atoms with Gasteiger partial charge in [0.15, 0.2) is 0 Å². The molecule has 0 aliphatic rings. The summed E-state index contributed by atoms with van der Waals surface area (Å²) >= 11 is 0. The van der Waals surface area contributed by atoms with E-state index in [1.807, 2.05) is 75.4 Å². The zero-order valence-electron chi connectivity index (χ0n) is 18.2. The first-order valence-electron chi connectivity index (χ1n) is 10.4. The van der Waals surface area contributed by atoms with Gasteiger partial charge in [-0.15, -0.1) is 0 Å². The van der Waals surface area contributed by atoms with E-state index >= 15 is 0 Å². The second kappa shape index (κ2) is 10.1. The van der Waals surface area contributed by atoms with Crippen LogP contribution in [0.3, 0.4) is 0 Å². The number of amides is 2. The Morgan fingerprint density at radius 3 is 2.42 bits per heavy atom. The maximum atomic E-state index is 12.7. The lowest BCUT2D eigenvalue weighted by Crippen LogP contribution is -2.40. The molecule has 2 N–H and O–H groups in total. The van der Waals surface area contributed by atoms with Crippen molar-refractivity contribution < 1.29 is 14.3 Å². The van der Waals surface area contributed by atoms with Crippen LogP contribution in [0, 0.1) is 0 Å². The van der Waals surface area contributed by atoms with E-state index in [9.17, 15) is 9.59 Å². The minimum atomic E-state index is -0.587. The Morgan fingerprint density at radius 2 is 1.71 bits per heavy atom. The van der Waals surface area contributed by atoms with E-state index in [4.69, 9.17) is 4.74 Å². The average molecular weight is 420 g/mol.